The molecule has 1 saturated heterocycles. The highest BCUT2D eigenvalue weighted by atomic mass is 32.2. The minimum Gasteiger partial charge on any atom is -0.370 e. The predicted molar refractivity (Wildman–Crippen MR) is 101 cm³/mol. The van der Waals surface area contributed by atoms with Crippen molar-refractivity contribution in [2.75, 3.05) is 31.5 Å². The SMILES string of the molecule is C.N=C(N)N1CCN(Cc2ccc3c(c2)Nc2nccnc2S3)CC1. The Balaban J connectivity index is 0.00000182. The molecule has 0 atom stereocenters. The summed E-state index contributed by atoms with van der Waals surface area (Å²) in [4.78, 5) is 14.2. The van der Waals surface area contributed by atoms with Crippen molar-refractivity contribution in [3.8, 4) is 0 Å². The summed E-state index contributed by atoms with van der Waals surface area (Å²) in [6.45, 7) is 4.38. The molecule has 4 rings (SSSR count). The zero-order chi connectivity index (χ0) is 16.5. The summed E-state index contributed by atoms with van der Waals surface area (Å²) in [5, 5.41) is 11.8. The van der Waals surface area contributed by atoms with Crippen molar-refractivity contribution in [3.63, 3.8) is 0 Å². The van der Waals surface area contributed by atoms with Crippen LogP contribution in [0, 0.1) is 5.41 Å². The first-order valence-corrected chi connectivity index (χ1v) is 8.71. The van der Waals surface area contributed by atoms with Gasteiger partial charge in [0.1, 0.15) is 5.03 Å². The van der Waals surface area contributed by atoms with Crippen molar-refractivity contribution in [2.45, 2.75) is 23.9 Å². The molecule has 2 aliphatic heterocycles. The van der Waals surface area contributed by atoms with Gasteiger partial charge >= 0.3 is 0 Å². The Morgan fingerprint density at radius 1 is 1.20 bits per heavy atom. The molecule has 0 saturated carbocycles. The van der Waals surface area contributed by atoms with Gasteiger partial charge in [-0.15, -0.1) is 0 Å². The first-order valence-electron chi connectivity index (χ1n) is 7.89. The van der Waals surface area contributed by atoms with Gasteiger partial charge in [0.25, 0.3) is 0 Å². The molecule has 0 bridgehead atoms. The van der Waals surface area contributed by atoms with Crippen LogP contribution in [0.5, 0.6) is 0 Å². The van der Waals surface area contributed by atoms with Crippen LogP contribution in [0.1, 0.15) is 13.0 Å². The van der Waals surface area contributed by atoms with Gasteiger partial charge < -0.3 is 16.0 Å². The number of hydrogen-bond donors (Lipinski definition) is 3. The van der Waals surface area contributed by atoms with Gasteiger partial charge in [0, 0.05) is 50.0 Å². The lowest BCUT2D eigenvalue weighted by molar-refractivity contribution is 0.174. The third-order valence-electron chi connectivity index (χ3n) is 4.29. The van der Waals surface area contributed by atoms with E-state index in [0.717, 1.165) is 49.3 Å². The number of nitrogens with one attached hydrogen (secondary N) is 2. The molecule has 1 aromatic carbocycles. The van der Waals surface area contributed by atoms with Crippen molar-refractivity contribution in [3.05, 3.63) is 36.2 Å². The van der Waals surface area contributed by atoms with Gasteiger partial charge in [0.15, 0.2) is 11.8 Å². The molecule has 0 radical (unpaired) electrons. The number of fused-ring (bicyclic) bond motifs is 2. The van der Waals surface area contributed by atoms with E-state index >= 15 is 0 Å². The van der Waals surface area contributed by atoms with Crippen LogP contribution in [-0.4, -0.2) is 51.9 Å². The molecule has 1 aromatic heterocycles. The van der Waals surface area contributed by atoms with Crippen LogP contribution in [0.4, 0.5) is 11.5 Å². The molecule has 0 spiro atoms. The van der Waals surface area contributed by atoms with Gasteiger partial charge in [-0.05, 0) is 17.7 Å². The van der Waals surface area contributed by atoms with Crippen LogP contribution in [0.15, 0.2) is 40.5 Å². The van der Waals surface area contributed by atoms with E-state index in [1.807, 2.05) is 4.90 Å². The van der Waals surface area contributed by atoms with E-state index in [-0.39, 0.29) is 13.4 Å². The van der Waals surface area contributed by atoms with Crippen LogP contribution in [0.3, 0.4) is 0 Å². The molecule has 1 fully saturated rings. The largest absolute Gasteiger partial charge is 0.370 e. The van der Waals surface area contributed by atoms with E-state index < -0.39 is 0 Å². The average molecular weight is 357 g/mol. The summed E-state index contributed by atoms with van der Waals surface area (Å²) < 4.78 is 0. The molecule has 0 unspecified atom stereocenters. The second kappa shape index (κ2) is 7.28. The summed E-state index contributed by atoms with van der Waals surface area (Å²) in [5.41, 5.74) is 7.91. The predicted octanol–water partition coefficient (Wildman–Crippen LogP) is 2.33. The normalized spacial score (nSPS) is 16.2. The smallest absolute Gasteiger partial charge is 0.188 e. The third-order valence-corrected chi connectivity index (χ3v) is 5.36. The fourth-order valence-corrected chi connectivity index (χ4v) is 3.86. The molecule has 2 aliphatic rings. The molecule has 25 heavy (non-hydrogen) atoms. The second-order valence-corrected chi connectivity index (χ2v) is 6.95. The fraction of sp³-hybridized carbons (Fsp3) is 0.353. The maximum absolute atomic E-state index is 7.50. The van der Waals surface area contributed by atoms with E-state index in [9.17, 15) is 0 Å². The molecule has 3 heterocycles. The number of anilines is 2. The average Bonchev–Trinajstić information content (AvgIpc) is 2.60. The van der Waals surface area contributed by atoms with Crippen molar-refractivity contribution in [1.82, 2.24) is 19.8 Å². The van der Waals surface area contributed by atoms with E-state index in [1.54, 1.807) is 24.2 Å². The maximum atomic E-state index is 7.50. The number of guanidine groups is 1. The van der Waals surface area contributed by atoms with Gasteiger partial charge in [-0.3, -0.25) is 10.3 Å². The minimum absolute atomic E-state index is 0. The Morgan fingerprint density at radius 3 is 2.72 bits per heavy atom. The highest BCUT2D eigenvalue weighted by Crippen LogP contribution is 2.42. The van der Waals surface area contributed by atoms with Gasteiger partial charge in [-0.1, -0.05) is 25.3 Å². The Labute approximate surface area is 152 Å². The number of hydrogen-bond acceptors (Lipinski definition) is 6. The number of nitrogens with zero attached hydrogens (tertiary/aromatic N) is 4. The lowest BCUT2D eigenvalue weighted by atomic mass is 10.1. The third kappa shape index (κ3) is 3.69. The van der Waals surface area contributed by atoms with Gasteiger partial charge in [0.2, 0.25) is 0 Å². The number of aromatic nitrogens is 2. The molecular weight excluding hydrogens is 334 g/mol. The maximum Gasteiger partial charge on any atom is 0.188 e. The molecule has 4 N–H and O–H groups in total. The summed E-state index contributed by atoms with van der Waals surface area (Å²) in [5.74, 6) is 0.992. The lowest BCUT2D eigenvalue weighted by Gasteiger charge is -2.35. The van der Waals surface area contributed by atoms with E-state index in [1.165, 1.54) is 10.5 Å². The molecule has 0 amide bonds. The summed E-state index contributed by atoms with van der Waals surface area (Å²) in [7, 11) is 0. The standard InChI is InChI=1S/C16H19N7S.CH4/c17-16(18)23-7-5-22(6-8-23)10-11-1-2-13-12(9-11)21-14-15(24-13)20-4-3-19-14;/h1-4,9H,5-8,10H2,(H3,17,18)(H,19,21);1H4. The monoisotopic (exact) mass is 357 g/mol. The lowest BCUT2D eigenvalue weighted by Crippen LogP contribution is -2.50. The Kier molecular flexibility index (Phi) is 5.10. The van der Waals surface area contributed by atoms with E-state index in [2.05, 4.69) is 38.4 Å². The van der Waals surface area contributed by atoms with Gasteiger partial charge in [-0.25, -0.2) is 9.97 Å². The Bertz CT molecular complexity index is 771. The highest BCUT2D eigenvalue weighted by molar-refractivity contribution is 7.99. The van der Waals surface area contributed by atoms with Crippen LogP contribution in [-0.2, 0) is 6.54 Å². The first-order chi connectivity index (χ1) is 11.7. The molecule has 7 nitrogen and oxygen atoms in total. The van der Waals surface area contributed by atoms with Crippen molar-refractivity contribution in [1.29, 1.82) is 5.41 Å². The van der Waals surface area contributed by atoms with E-state index in [4.69, 9.17) is 11.1 Å². The number of nitrogens with two attached hydrogens (primary N) is 1. The number of piperazine rings is 1. The Hall–Kier alpha value is -2.32. The second-order valence-electron chi connectivity index (χ2n) is 5.92. The molecule has 2 aromatic rings. The van der Waals surface area contributed by atoms with Crippen molar-refractivity contribution >= 4 is 29.2 Å². The summed E-state index contributed by atoms with van der Waals surface area (Å²) >= 11 is 1.65. The fourth-order valence-electron chi connectivity index (χ4n) is 2.98. The number of benzene rings is 1. The van der Waals surface area contributed by atoms with E-state index in [0.29, 0.717) is 0 Å². The first kappa shape index (κ1) is 17.5. The van der Waals surface area contributed by atoms with Crippen molar-refractivity contribution < 1.29 is 0 Å². The zero-order valence-corrected chi connectivity index (χ0v) is 14.0. The van der Waals surface area contributed by atoms with Gasteiger partial charge in [-0.2, -0.15) is 0 Å². The quantitative estimate of drug-likeness (QED) is 0.479. The van der Waals surface area contributed by atoms with Crippen LogP contribution in [0.25, 0.3) is 0 Å². The van der Waals surface area contributed by atoms with Crippen LogP contribution in [0.2, 0.25) is 0 Å². The molecule has 132 valence electrons. The van der Waals surface area contributed by atoms with Crippen LogP contribution >= 0.6 is 11.8 Å². The molecular formula is C17H23N7S. The minimum atomic E-state index is 0. The van der Waals surface area contributed by atoms with Crippen molar-refractivity contribution in [2.24, 2.45) is 5.73 Å². The molecule has 0 aliphatic carbocycles. The number of rotatable bonds is 2. The summed E-state index contributed by atoms with van der Waals surface area (Å²) in [6.07, 6.45) is 3.42. The van der Waals surface area contributed by atoms with Gasteiger partial charge in [0.05, 0.1) is 5.69 Å². The topological polar surface area (TPSA) is 94.2 Å². The van der Waals surface area contributed by atoms with Crippen LogP contribution < -0.4 is 11.1 Å². The summed E-state index contributed by atoms with van der Waals surface area (Å²) in [6, 6.07) is 6.51. The zero-order valence-electron chi connectivity index (χ0n) is 13.2. The molecule has 8 heteroatoms. The highest BCUT2D eigenvalue weighted by Gasteiger charge is 2.20. The Morgan fingerprint density at radius 2 is 1.96 bits per heavy atom.